The topological polar surface area (TPSA) is 70.3 Å². The van der Waals surface area contributed by atoms with Crippen LogP contribution in [-0.4, -0.2) is 47.8 Å². The average molecular weight is 487 g/mol. The summed E-state index contributed by atoms with van der Waals surface area (Å²) in [6.45, 7) is 8.00. The molecule has 0 saturated heterocycles. The fourth-order valence-corrected chi connectivity index (χ4v) is 3.96. The number of ether oxygens (including phenoxy) is 5. The van der Waals surface area contributed by atoms with Crippen molar-refractivity contribution in [2.45, 2.75) is 27.7 Å². The SMILES string of the molecule is CC.CC.CO.COc1cc2c[n+](C)c3c4cc(OC)c(OC)cc4c(OC)cc3c2cc1OC. The highest BCUT2D eigenvalue weighted by Gasteiger charge is 2.21. The molecule has 35 heavy (non-hydrogen) atoms. The molecular weight excluding hydrogens is 446 g/mol. The molecule has 192 valence electrons. The van der Waals surface area contributed by atoms with Gasteiger partial charge in [0.2, 0.25) is 5.52 Å². The minimum Gasteiger partial charge on any atom is -0.496 e. The van der Waals surface area contributed by atoms with Crippen molar-refractivity contribution in [2.24, 2.45) is 7.05 Å². The number of aliphatic hydroxyl groups excluding tert-OH is 1. The molecule has 0 radical (unpaired) electrons. The van der Waals surface area contributed by atoms with Crippen LogP contribution in [0.15, 0.2) is 36.5 Å². The second-order valence-corrected chi connectivity index (χ2v) is 6.76. The van der Waals surface area contributed by atoms with Crippen LogP contribution in [0, 0.1) is 0 Å². The fraction of sp³-hybridized carbons (Fsp3) is 0.393. The first-order chi connectivity index (χ1) is 17.1. The van der Waals surface area contributed by atoms with Crippen LogP contribution in [0.5, 0.6) is 28.7 Å². The maximum Gasteiger partial charge on any atom is 0.221 e. The zero-order chi connectivity index (χ0) is 26.7. The van der Waals surface area contributed by atoms with E-state index in [1.165, 1.54) is 0 Å². The molecule has 0 unspecified atom stereocenters. The highest BCUT2D eigenvalue weighted by atomic mass is 16.5. The Labute approximate surface area is 208 Å². The summed E-state index contributed by atoms with van der Waals surface area (Å²) in [5.74, 6) is 3.46. The third-order valence-electron chi connectivity index (χ3n) is 5.33. The van der Waals surface area contributed by atoms with Crippen LogP contribution < -0.4 is 28.3 Å². The maximum absolute atomic E-state index is 7.00. The largest absolute Gasteiger partial charge is 0.496 e. The van der Waals surface area contributed by atoms with Gasteiger partial charge in [-0.2, -0.15) is 4.57 Å². The van der Waals surface area contributed by atoms with Crippen molar-refractivity contribution in [3.8, 4) is 28.7 Å². The van der Waals surface area contributed by atoms with Gasteiger partial charge in [-0.05, 0) is 30.3 Å². The molecule has 0 saturated carbocycles. The van der Waals surface area contributed by atoms with Crippen LogP contribution in [0.1, 0.15) is 27.7 Å². The molecule has 1 aromatic heterocycles. The zero-order valence-electron chi connectivity index (χ0n) is 22.9. The van der Waals surface area contributed by atoms with Crippen molar-refractivity contribution in [3.63, 3.8) is 0 Å². The molecule has 1 N–H and O–H groups in total. The minimum absolute atomic E-state index is 0.660. The van der Waals surface area contributed by atoms with Crippen molar-refractivity contribution < 1.29 is 33.4 Å². The predicted octanol–water partition coefficient (Wildman–Crippen LogP) is 5.67. The number of aryl methyl sites for hydroxylation is 1. The summed E-state index contributed by atoms with van der Waals surface area (Å²) in [5.41, 5.74) is 1.06. The van der Waals surface area contributed by atoms with Gasteiger partial charge < -0.3 is 28.8 Å². The number of pyridine rings is 1. The van der Waals surface area contributed by atoms with Gasteiger partial charge in [0.15, 0.2) is 29.2 Å². The molecule has 3 aromatic carbocycles. The molecule has 0 aliphatic carbocycles. The number of aliphatic hydroxyl groups is 1. The van der Waals surface area contributed by atoms with Gasteiger partial charge in [0, 0.05) is 17.9 Å². The molecule has 0 bridgehead atoms. The van der Waals surface area contributed by atoms with Gasteiger partial charge in [-0.3, -0.25) is 0 Å². The number of methoxy groups -OCH3 is 5. The van der Waals surface area contributed by atoms with Gasteiger partial charge in [-0.1, -0.05) is 27.7 Å². The zero-order valence-corrected chi connectivity index (χ0v) is 22.9. The summed E-state index contributed by atoms with van der Waals surface area (Å²) in [6.07, 6.45) is 2.09. The number of hydrogen-bond acceptors (Lipinski definition) is 6. The van der Waals surface area contributed by atoms with Crippen molar-refractivity contribution in [3.05, 3.63) is 36.5 Å². The summed E-state index contributed by atoms with van der Waals surface area (Å²) in [5, 5.41) is 12.1. The Morgan fingerprint density at radius 2 is 0.857 bits per heavy atom. The lowest BCUT2D eigenvalue weighted by Gasteiger charge is -2.14. The van der Waals surface area contributed by atoms with Gasteiger partial charge >= 0.3 is 0 Å². The van der Waals surface area contributed by atoms with Crippen LogP contribution in [-0.2, 0) is 7.05 Å². The summed E-state index contributed by atoms with van der Waals surface area (Å²) < 4.78 is 29.9. The van der Waals surface area contributed by atoms with Gasteiger partial charge in [0.25, 0.3) is 0 Å². The molecule has 0 spiro atoms. The molecule has 4 aromatic rings. The van der Waals surface area contributed by atoms with Crippen LogP contribution in [0.2, 0.25) is 0 Å². The number of rotatable bonds is 5. The first kappa shape index (κ1) is 29.6. The third kappa shape index (κ3) is 5.62. The summed E-state index contributed by atoms with van der Waals surface area (Å²) in [4.78, 5) is 0. The van der Waals surface area contributed by atoms with Crippen LogP contribution in [0.3, 0.4) is 0 Å². The van der Waals surface area contributed by atoms with Crippen molar-refractivity contribution >= 4 is 32.4 Å². The lowest BCUT2D eigenvalue weighted by Crippen LogP contribution is -2.28. The van der Waals surface area contributed by atoms with Crippen molar-refractivity contribution in [2.75, 3.05) is 42.7 Å². The van der Waals surface area contributed by atoms with E-state index in [2.05, 4.69) is 16.8 Å². The number of nitrogens with zero attached hydrogens (tertiary/aromatic N) is 1. The molecule has 0 aliphatic rings. The normalized spacial score (nSPS) is 9.71. The molecule has 0 fully saturated rings. The second-order valence-electron chi connectivity index (χ2n) is 6.76. The van der Waals surface area contributed by atoms with Gasteiger partial charge in [0.1, 0.15) is 12.8 Å². The highest BCUT2D eigenvalue weighted by molar-refractivity contribution is 6.16. The molecule has 7 heteroatoms. The number of fused-ring (bicyclic) bond motifs is 5. The van der Waals surface area contributed by atoms with E-state index in [-0.39, 0.29) is 0 Å². The molecule has 7 nitrogen and oxygen atoms in total. The van der Waals surface area contributed by atoms with E-state index in [1.54, 1.807) is 35.5 Å². The summed E-state index contributed by atoms with van der Waals surface area (Å²) in [6, 6.07) is 9.98. The third-order valence-corrected chi connectivity index (χ3v) is 5.33. The number of benzene rings is 3. The minimum atomic E-state index is 0.660. The Morgan fingerprint density at radius 1 is 0.514 bits per heavy atom. The Hall–Kier alpha value is -3.45. The second kappa shape index (κ2) is 14.1. The lowest BCUT2D eigenvalue weighted by molar-refractivity contribution is -0.642. The quantitative estimate of drug-likeness (QED) is 0.289. The molecule has 1 heterocycles. The number of aromatic nitrogens is 1. The van der Waals surface area contributed by atoms with E-state index in [0.29, 0.717) is 23.0 Å². The van der Waals surface area contributed by atoms with E-state index in [0.717, 1.165) is 45.3 Å². The Kier molecular flexibility index (Phi) is 11.9. The summed E-state index contributed by atoms with van der Waals surface area (Å²) in [7, 11) is 11.2. The summed E-state index contributed by atoms with van der Waals surface area (Å²) >= 11 is 0. The van der Waals surface area contributed by atoms with Crippen LogP contribution >= 0.6 is 0 Å². The standard InChI is InChI=1S/C23H24NO5.2C2H6.CH4O/c1-24-12-13-7-19(26-3)20(27-4)8-14(13)16-10-18(25-2)15-9-21(28-5)22(29-6)11-17(15)23(16)24;3*1-2/h7-12H,1-6H3;2*1-2H3;2H,1H3/q+1;;;. The van der Waals surface area contributed by atoms with Gasteiger partial charge in [-0.25, -0.2) is 0 Å². The first-order valence-corrected chi connectivity index (χ1v) is 11.6. The van der Waals surface area contributed by atoms with Gasteiger partial charge in [0.05, 0.1) is 51.7 Å². The van der Waals surface area contributed by atoms with Crippen LogP contribution in [0.4, 0.5) is 0 Å². The van der Waals surface area contributed by atoms with E-state index < -0.39 is 0 Å². The Balaban J connectivity index is 0.000000949. The maximum atomic E-state index is 7.00. The van der Waals surface area contributed by atoms with E-state index in [1.807, 2.05) is 59.0 Å². The van der Waals surface area contributed by atoms with Gasteiger partial charge in [-0.15, -0.1) is 0 Å². The molecular formula is C28H40NO6+. The Bertz CT molecular complexity index is 1250. The monoisotopic (exact) mass is 486 g/mol. The van der Waals surface area contributed by atoms with Crippen LogP contribution in [0.25, 0.3) is 32.4 Å². The predicted molar refractivity (Wildman–Crippen MR) is 144 cm³/mol. The Morgan fingerprint density at radius 3 is 1.31 bits per heavy atom. The smallest absolute Gasteiger partial charge is 0.221 e. The average Bonchev–Trinajstić information content (AvgIpc) is 2.93. The lowest BCUT2D eigenvalue weighted by atomic mass is 9.99. The number of hydrogen-bond donors (Lipinski definition) is 1. The first-order valence-electron chi connectivity index (χ1n) is 11.6. The molecule has 4 rings (SSSR count). The molecule has 0 atom stereocenters. The fourth-order valence-electron chi connectivity index (χ4n) is 3.96. The molecule has 0 aliphatic heterocycles. The van der Waals surface area contributed by atoms with Crippen molar-refractivity contribution in [1.82, 2.24) is 0 Å². The highest BCUT2D eigenvalue weighted by Crippen LogP contribution is 2.42. The van der Waals surface area contributed by atoms with Crippen molar-refractivity contribution in [1.29, 1.82) is 0 Å². The van der Waals surface area contributed by atoms with E-state index in [4.69, 9.17) is 28.8 Å². The van der Waals surface area contributed by atoms with E-state index in [9.17, 15) is 0 Å². The van der Waals surface area contributed by atoms with E-state index >= 15 is 0 Å². The molecule has 0 amide bonds.